The SMILES string of the molecule is Cc1csc(C(C)(C)NC(=O)Cc2ccccc2)n1. The molecule has 100 valence electrons. The summed E-state index contributed by atoms with van der Waals surface area (Å²) in [6.45, 7) is 5.92. The minimum atomic E-state index is -0.426. The molecule has 2 aromatic rings. The topological polar surface area (TPSA) is 42.0 Å². The Labute approximate surface area is 117 Å². The van der Waals surface area contributed by atoms with Gasteiger partial charge >= 0.3 is 0 Å². The van der Waals surface area contributed by atoms with Crippen LogP contribution in [0.3, 0.4) is 0 Å². The number of rotatable bonds is 4. The monoisotopic (exact) mass is 274 g/mol. The lowest BCUT2D eigenvalue weighted by Crippen LogP contribution is -2.41. The van der Waals surface area contributed by atoms with Gasteiger partial charge in [-0.25, -0.2) is 4.98 Å². The molecule has 1 N–H and O–H groups in total. The Morgan fingerprint density at radius 1 is 1.32 bits per heavy atom. The normalized spacial score (nSPS) is 11.3. The van der Waals surface area contributed by atoms with Gasteiger partial charge in [-0.15, -0.1) is 11.3 Å². The molecule has 0 saturated carbocycles. The van der Waals surface area contributed by atoms with Crippen LogP contribution in [0.15, 0.2) is 35.7 Å². The molecule has 1 aromatic carbocycles. The van der Waals surface area contributed by atoms with E-state index in [0.717, 1.165) is 16.3 Å². The van der Waals surface area contributed by atoms with E-state index in [1.807, 2.05) is 56.5 Å². The molecule has 0 bridgehead atoms. The summed E-state index contributed by atoms with van der Waals surface area (Å²) >= 11 is 1.58. The first-order chi connectivity index (χ1) is 8.97. The molecule has 0 saturated heterocycles. The second-order valence-electron chi connectivity index (χ2n) is 5.13. The first-order valence-electron chi connectivity index (χ1n) is 6.25. The molecule has 0 atom stereocenters. The summed E-state index contributed by atoms with van der Waals surface area (Å²) in [5.41, 5.74) is 1.58. The van der Waals surface area contributed by atoms with Crippen LogP contribution in [0, 0.1) is 6.92 Å². The number of carbonyl (C=O) groups excluding carboxylic acids is 1. The van der Waals surface area contributed by atoms with Crippen molar-refractivity contribution in [1.29, 1.82) is 0 Å². The van der Waals surface area contributed by atoms with Gasteiger partial charge in [-0.3, -0.25) is 4.79 Å². The summed E-state index contributed by atoms with van der Waals surface area (Å²) in [7, 11) is 0. The Morgan fingerprint density at radius 3 is 2.58 bits per heavy atom. The van der Waals surface area contributed by atoms with Crippen LogP contribution >= 0.6 is 11.3 Å². The molecule has 0 aliphatic carbocycles. The molecule has 0 aliphatic heterocycles. The van der Waals surface area contributed by atoms with Crippen LogP contribution in [0.2, 0.25) is 0 Å². The van der Waals surface area contributed by atoms with Gasteiger partial charge in [-0.2, -0.15) is 0 Å². The first kappa shape index (κ1) is 13.7. The molecule has 1 amide bonds. The van der Waals surface area contributed by atoms with E-state index < -0.39 is 5.54 Å². The molecular weight excluding hydrogens is 256 g/mol. The average molecular weight is 274 g/mol. The van der Waals surface area contributed by atoms with Gasteiger partial charge < -0.3 is 5.32 Å². The van der Waals surface area contributed by atoms with E-state index in [1.54, 1.807) is 11.3 Å². The van der Waals surface area contributed by atoms with Gasteiger partial charge in [-0.05, 0) is 26.3 Å². The number of benzene rings is 1. The predicted octanol–water partition coefficient (Wildman–Crippen LogP) is 3.05. The van der Waals surface area contributed by atoms with Gasteiger partial charge in [0.1, 0.15) is 5.01 Å². The maximum absolute atomic E-state index is 12.1. The maximum Gasteiger partial charge on any atom is 0.225 e. The fraction of sp³-hybridized carbons (Fsp3) is 0.333. The molecule has 0 radical (unpaired) electrons. The van der Waals surface area contributed by atoms with Crippen LogP contribution in [0.4, 0.5) is 0 Å². The van der Waals surface area contributed by atoms with Crippen molar-refractivity contribution in [2.75, 3.05) is 0 Å². The largest absolute Gasteiger partial charge is 0.344 e. The molecule has 0 spiro atoms. The molecule has 0 fully saturated rings. The van der Waals surface area contributed by atoms with Crippen molar-refractivity contribution >= 4 is 17.2 Å². The van der Waals surface area contributed by atoms with Gasteiger partial charge in [0, 0.05) is 11.1 Å². The number of thiazole rings is 1. The number of amides is 1. The number of nitrogens with one attached hydrogen (secondary N) is 1. The van der Waals surface area contributed by atoms with Crippen molar-refractivity contribution in [2.45, 2.75) is 32.7 Å². The van der Waals surface area contributed by atoms with Crippen LogP contribution in [0.5, 0.6) is 0 Å². The van der Waals surface area contributed by atoms with Gasteiger partial charge in [0.15, 0.2) is 0 Å². The number of hydrogen-bond acceptors (Lipinski definition) is 3. The quantitative estimate of drug-likeness (QED) is 0.931. The molecule has 19 heavy (non-hydrogen) atoms. The Kier molecular flexibility index (Phi) is 4.00. The summed E-state index contributed by atoms with van der Waals surface area (Å²) in [5, 5.41) is 5.98. The Hall–Kier alpha value is -1.68. The summed E-state index contributed by atoms with van der Waals surface area (Å²) < 4.78 is 0. The third-order valence-corrected chi connectivity index (χ3v) is 4.10. The lowest BCUT2D eigenvalue weighted by atomic mass is 10.1. The third-order valence-electron chi connectivity index (χ3n) is 2.81. The summed E-state index contributed by atoms with van der Waals surface area (Å²) in [4.78, 5) is 16.5. The van der Waals surface area contributed by atoms with Crippen LogP contribution in [0.1, 0.15) is 30.1 Å². The molecule has 3 nitrogen and oxygen atoms in total. The zero-order valence-corrected chi connectivity index (χ0v) is 12.3. The highest BCUT2D eigenvalue weighted by molar-refractivity contribution is 7.09. The zero-order chi connectivity index (χ0) is 13.9. The second-order valence-corrected chi connectivity index (χ2v) is 5.99. The fourth-order valence-corrected chi connectivity index (χ4v) is 2.75. The number of nitrogens with zero attached hydrogens (tertiary/aromatic N) is 1. The van der Waals surface area contributed by atoms with Crippen molar-refractivity contribution in [2.24, 2.45) is 0 Å². The van der Waals surface area contributed by atoms with Gasteiger partial charge in [0.2, 0.25) is 5.91 Å². The molecule has 1 heterocycles. The van der Waals surface area contributed by atoms with Crippen molar-refractivity contribution < 1.29 is 4.79 Å². The number of aromatic nitrogens is 1. The summed E-state index contributed by atoms with van der Waals surface area (Å²) in [6.07, 6.45) is 0.397. The lowest BCUT2D eigenvalue weighted by molar-refractivity contribution is -0.122. The highest BCUT2D eigenvalue weighted by Gasteiger charge is 2.25. The van der Waals surface area contributed by atoms with Gasteiger partial charge in [0.05, 0.1) is 12.0 Å². The van der Waals surface area contributed by atoms with Crippen LogP contribution in [-0.2, 0) is 16.8 Å². The van der Waals surface area contributed by atoms with Crippen LogP contribution in [-0.4, -0.2) is 10.9 Å². The minimum absolute atomic E-state index is 0.0176. The highest BCUT2D eigenvalue weighted by atomic mass is 32.1. The second kappa shape index (κ2) is 5.53. The first-order valence-corrected chi connectivity index (χ1v) is 7.13. The van der Waals surface area contributed by atoms with E-state index in [-0.39, 0.29) is 5.91 Å². The Bertz CT molecular complexity index is 561. The minimum Gasteiger partial charge on any atom is -0.344 e. The molecular formula is C15H18N2OS. The van der Waals surface area contributed by atoms with E-state index in [2.05, 4.69) is 10.3 Å². The third kappa shape index (κ3) is 3.64. The van der Waals surface area contributed by atoms with Crippen molar-refractivity contribution in [1.82, 2.24) is 10.3 Å². The van der Waals surface area contributed by atoms with Crippen LogP contribution in [0.25, 0.3) is 0 Å². The Balaban J connectivity index is 2.02. The molecule has 4 heteroatoms. The van der Waals surface area contributed by atoms with E-state index in [9.17, 15) is 4.79 Å². The average Bonchev–Trinajstić information content (AvgIpc) is 2.77. The summed E-state index contributed by atoms with van der Waals surface area (Å²) in [6, 6.07) is 9.75. The van der Waals surface area contributed by atoms with Gasteiger partial charge in [0.25, 0.3) is 0 Å². The van der Waals surface area contributed by atoms with E-state index in [4.69, 9.17) is 0 Å². The van der Waals surface area contributed by atoms with E-state index in [0.29, 0.717) is 6.42 Å². The van der Waals surface area contributed by atoms with E-state index in [1.165, 1.54) is 0 Å². The predicted molar refractivity (Wildman–Crippen MR) is 78.2 cm³/mol. The molecule has 1 aromatic heterocycles. The van der Waals surface area contributed by atoms with Crippen molar-refractivity contribution in [3.05, 3.63) is 52.0 Å². The van der Waals surface area contributed by atoms with Crippen molar-refractivity contribution in [3.8, 4) is 0 Å². The number of hydrogen-bond donors (Lipinski definition) is 1. The maximum atomic E-state index is 12.1. The smallest absolute Gasteiger partial charge is 0.225 e. The van der Waals surface area contributed by atoms with Gasteiger partial charge in [-0.1, -0.05) is 30.3 Å². The molecule has 2 rings (SSSR count). The standard InChI is InChI=1S/C15H18N2OS/c1-11-10-19-14(16-11)15(2,3)17-13(18)9-12-7-5-4-6-8-12/h4-8,10H,9H2,1-3H3,(H,17,18). The fourth-order valence-electron chi connectivity index (χ4n) is 1.87. The van der Waals surface area contributed by atoms with E-state index >= 15 is 0 Å². The Morgan fingerprint density at radius 2 is 2.00 bits per heavy atom. The zero-order valence-electron chi connectivity index (χ0n) is 11.4. The molecule has 0 unspecified atom stereocenters. The highest BCUT2D eigenvalue weighted by Crippen LogP contribution is 2.23. The lowest BCUT2D eigenvalue weighted by Gasteiger charge is -2.23. The summed E-state index contributed by atoms with van der Waals surface area (Å²) in [5.74, 6) is 0.0176. The number of carbonyl (C=O) groups is 1. The molecule has 0 aliphatic rings. The number of aryl methyl sites for hydroxylation is 1. The van der Waals surface area contributed by atoms with Crippen molar-refractivity contribution in [3.63, 3.8) is 0 Å². The van der Waals surface area contributed by atoms with Crippen LogP contribution < -0.4 is 5.32 Å².